The van der Waals surface area contributed by atoms with Crippen molar-refractivity contribution < 1.29 is 0 Å². The number of nitrogens with zero attached hydrogens (tertiary/aromatic N) is 3. The second-order valence-electron chi connectivity index (χ2n) is 7.01. The number of hydrogen-bond acceptors (Lipinski definition) is 6. The van der Waals surface area contributed by atoms with Gasteiger partial charge >= 0.3 is 0 Å². The number of nitrogens with one attached hydrogen (secondary N) is 1. The molecule has 1 saturated heterocycles. The van der Waals surface area contributed by atoms with Crippen LogP contribution < -0.4 is 11.1 Å². The van der Waals surface area contributed by atoms with Crippen LogP contribution in [0.25, 0.3) is 0 Å². The maximum absolute atomic E-state index is 5.94. The molecule has 2 aliphatic heterocycles. The van der Waals surface area contributed by atoms with Gasteiger partial charge in [-0.05, 0) is 30.2 Å². The first-order chi connectivity index (χ1) is 12.3. The van der Waals surface area contributed by atoms with Crippen LogP contribution in [0.4, 0.5) is 11.5 Å². The monoisotopic (exact) mass is 355 g/mol. The van der Waals surface area contributed by atoms with Crippen molar-refractivity contribution in [2.45, 2.75) is 18.1 Å². The van der Waals surface area contributed by atoms with Crippen molar-refractivity contribution in [3.05, 3.63) is 47.9 Å². The minimum absolute atomic E-state index is 0.427. The molecule has 2 aliphatic rings. The molecule has 1 aromatic carbocycles. The normalized spacial score (nSPS) is 22.7. The van der Waals surface area contributed by atoms with E-state index in [0.29, 0.717) is 11.7 Å². The summed E-state index contributed by atoms with van der Waals surface area (Å²) in [7, 11) is 0. The van der Waals surface area contributed by atoms with Gasteiger partial charge in [0.15, 0.2) is 5.82 Å². The summed E-state index contributed by atoms with van der Waals surface area (Å²) in [5.74, 6) is 4.17. The lowest BCUT2D eigenvalue weighted by atomic mass is 10.1. The zero-order valence-corrected chi connectivity index (χ0v) is 15.2. The summed E-state index contributed by atoms with van der Waals surface area (Å²) in [4.78, 5) is 11.1. The molecular formula is C19H25N5S. The predicted molar refractivity (Wildman–Crippen MR) is 105 cm³/mol. The Morgan fingerprint density at radius 2 is 2.12 bits per heavy atom. The Labute approximate surface area is 153 Å². The Bertz CT molecular complexity index is 708. The summed E-state index contributed by atoms with van der Waals surface area (Å²) in [6.07, 6.45) is 2.89. The van der Waals surface area contributed by atoms with E-state index in [4.69, 9.17) is 5.73 Å². The smallest absolute Gasteiger partial charge is 0.150 e. The fraction of sp³-hybridized carbons (Fsp3) is 0.474. The Morgan fingerprint density at radius 3 is 3.00 bits per heavy atom. The third kappa shape index (κ3) is 3.90. The van der Waals surface area contributed by atoms with Crippen LogP contribution >= 0.6 is 11.8 Å². The quantitative estimate of drug-likeness (QED) is 0.831. The van der Waals surface area contributed by atoms with E-state index in [1.807, 2.05) is 0 Å². The van der Waals surface area contributed by atoms with E-state index in [9.17, 15) is 0 Å². The maximum atomic E-state index is 5.94. The van der Waals surface area contributed by atoms with Gasteiger partial charge in [-0.1, -0.05) is 30.3 Å². The van der Waals surface area contributed by atoms with Gasteiger partial charge in [-0.25, -0.2) is 9.97 Å². The lowest BCUT2D eigenvalue weighted by Crippen LogP contribution is -2.28. The fourth-order valence-corrected chi connectivity index (χ4v) is 4.97. The van der Waals surface area contributed by atoms with Crippen molar-refractivity contribution in [1.82, 2.24) is 14.9 Å². The number of rotatable bonds is 6. The van der Waals surface area contributed by atoms with Gasteiger partial charge in [-0.15, -0.1) is 0 Å². The number of anilines is 2. The molecule has 0 aliphatic carbocycles. The van der Waals surface area contributed by atoms with E-state index in [0.717, 1.165) is 36.1 Å². The first-order valence-corrected chi connectivity index (χ1v) is 10.1. The Balaban J connectivity index is 1.24. The molecule has 2 atom stereocenters. The SMILES string of the molecule is Nc1ncnc2c1NCC2CN1CC[C@@H](CSCc2ccccc2)C1. The Morgan fingerprint density at radius 1 is 1.24 bits per heavy atom. The second-order valence-corrected chi connectivity index (χ2v) is 8.04. The van der Waals surface area contributed by atoms with Crippen LogP contribution in [-0.4, -0.2) is 46.8 Å². The van der Waals surface area contributed by atoms with E-state index in [-0.39, 0.29) is 0 Å². The first-order valence-electron chi connectivity index (χ1n) is 8.98. The number of nitrogens with two attached hydrogens (primary N) is 1. The summed E-state index contributed by atoms with van der Waals surface area (Å²) in [5.41, 5.74) is 9.40. The highest BCUT2D eigenvalue weighted by molar-refractivity contribution is 7.98. The number of fused-ring (bicyclic) bond motifs is 1. The summed E-state index contributed by atoms with van der Waals surface area (Å²) in [6.45, 7) is 4.38. The number of benzene rings is 1. The lowest BCUT2D eigenvalue weighted by Gasteiger charge is -2.20. The molecule has 4 rings (SSSR count). The number of nitrogen functional groups attached to an aromatic ring is 1. The summed E-state index contributed by atoms with van der Waals surface area (Å²) >= 11 is 2.06. The highest BCUT2D eigenvalue weighted by atomic mass is 32.2. The molecule has 5 nitrogen and oxygen atoms in total. The minimum atomic E-state index is 0.427. The summed E-state index contributed by atoms with van der Waals surface area (Å²) in [5, 5.41) is 3.38. The fourth-order valence-electron chi connectivity index (χ4n) is 3.82. The summed E-state index contributed by atoms with van der Waals surface area (Å²) < 4.78 is 0. The summed E-state index contributed by atoms with van der Waals surface area (Å²) in [6, 6.07) is 10.8. The third-order valence-corrected chi connectivity index (χ3v) is 6.38. The van der Waals surface area contributed by atoms with Crippen LogP contribution in [0.15, 0.2) is 36.7 Å². The van der Waals surface area contributed by atoms with E-state index in [1.54, 1.807) is 6.33 Å². The highest BCUT2D eigenvalue weighted by Crippen LogP contribution is 2.34. The van der Waals surface area contributed by atoms with Gasteiger partial charge < -0.3 is 16.0 Å². The Kier molecular flexibility index (Phi) is 5.08. The molecule has 6 heteroatoms. The number of likely N-dealkylation sites (tertiary alicyclic amines) is 1. The van der Waals surface area contributed by atoms with Crippen molar-refractivity contribution in [2.24, 2.45) is 5.92 Å². The van der Waals surface area contributed by atoms with Gasteiger partial charge in [0.05, 0.1) is 11.4 Å². The third-order valence-electron chi connectivity index (χ3n) is 5.13. The number of hydrogen-bond donors (Lipinski definition) is 2. The van der Waals surface area contributed by atoms with E-state index in [2.05, 4.69) is 62.3 Å². The molecule has 0 amide bonds. The van der Waals surface area contributed by atoms with Gasteiger partial charge in [-0.2, -0.15) is 11.8 Å². The first kappa shape index (κ1) is 16.7. The minimum Gasteiger partial charge on any atom is -0.382 e. The van der Waals surface area contributed by atoms with Crippen LogP contribution in [0.2, 0.25) is 0 Å². The van der Waals surface area contributed by atoms with Crippen LogP contribution in [-0.2, 0) is 5.75 Å². The van der Waals surface area contributed by atoms with Gasteiger partial charge in [0.25, 0.3) is 0 Å². The standard InChI is InChI=1S/C19H25N5S/c20-19-18-17(22-13-23-19)16(8-21-18)10-24-7-6-15(9-24)12-25-11-14-4-2-1-3-5-14/h1-5,13,15-16,21H,6-12H2,(H2,20,22,23)/t15-,16?/m1/s1. The van der Waals surface area contributed by atoms with Crippen molar-refractivity contribution in [3.8, 4) is 0 Å². The van der Waals surface area contributed by atoms with Gasteiger partial charge in [0.2, 0.25) is 0 Å². The van der Waals surface area contributed by atoms with Crippen LogP contribution in [0.5, 0.6) is 0 Å². The average Bonchev–Trinajstić information content (AvgIpc) is 3.25. The topological polar surface area (TPSA) is 67.1 Å². The number of aromatic nitrogens is 2. The van der Waals surface area contributed by atoms with E-state index >= 15 is 0 Å². The van der Waals surface area contributed by atoms with Crippen LogP contribution in [0, 0.1) is 5.92 Å². The molecule has 1 unspecified atom stereocenters. The molecule has 3 N–H and O–H groups in total. The molecular weight excluding hydrogens is 330 g/mol. The van der Waals surface area contributed by atoms with Crippen molar-refractivity contribution in [1.29, 1.82) is 0 Å². The average molecular weight is 356 g/mol. The molecule has 0 saturated carbocycles. The van der Waals surface area contributed by atoms with E-state index in [1.165, 1.54) is 30.8 Å². The second kappa shape index (κ2) is 7.62. The molecule has 0 radical (unpaired) electrons. The lowest BCUT2D eigenvalue weighted by molar-refractivity contribution is 0.310. The molecule has 0 bridgehead atoms. The molecule has 25 heavy (non-hydrogen) atoms. The zero-order chi connectivity index (χ0) is 17.1. The van der Waals surface area contributed by atoms with Crippen molar-refractivity contribution >= 4 is 23.3 Å². The predicted octanol–water partition coefficient (Wildman–Crippen LogP) is 2.82. The van der Waals surface area contributed by atoms with Crippen LogP contribution in [0.3, 0.4) is 0 Å². The zero-order valence-electron chi connectivity index (χ0n) is 14.4. The maximum Gasteiger partial charge on any atom is 0.150 e. The van der Waals surface area contributed by atoms with E-state index < -0.39 is 0 Å². The molecule has 0 spiro atoms. The largest absolute Gasteiger partial charge is 0.382 e. The molecule has 1 fully saturated rings. The van der Waals surface area contributed by atoms with Crippen molar-refractivity contribution in [2.75, 3.05) is 43.0 Å². The van der Waals surface area contributed by atoms with Gasteiger partial charge in [0.1, 0.15) is 6.33 Å². The number of thioether (sulfide) groups is 1. The molecule has 2 aromatic rings. The molecule has 3 heterocycles. The highest BCUT2D eigenvalue weighted by Gasteiger charge is 2.30. The van der Waals surface area contributed by atoms with Crippen molar-refractivity contribution in [3.63, 3.8) is 0 Å². The molecule has 132 valence electrons. The molecule has 1 aromatic heterocycles. The Hall–Kier alpha value is -1.79. The van der Waals surface area contributed by atoms with Crippen LogP contribution in [0.1, 0.15) is 23.6 Å². The van der Waals surface area contributed by atoms with Gasteiger partial charge in [-0.3, -0.25) is 0 Å². The van der Waals surface area contributed by atoms with Gasteiger partial charge in [0, 0.05) is 31.3 Å².